The van der Waals surface area contributed by atoms with Crippen LogP contribution in [0, 0.1) is 23.2 Å². The van der Waals surface area contributed by atoms with Gasteiger partial charge in [-0.2, -0.15) is 5.26 Å². The lowest BCUT2D eigenvalue weighted by Crippen LogP contribution is -2.38. The van der Waals surface area contributed by atoms with Crippen LogP contribution < -0.4 is 5.32 Å². The maximum atomic E-state index is 9.09. The highest BCUT2D eigenvalue weighted by Gasteiger charge is 2.25. The van der Waals surface area contributed by atoms with E-state index in [1.807, 2.05) is 0 Å². The molecule has 0 bridgehead atoms. The summed E-state index contributed by atoms with van der Waals surface area (Å²) in [5.41, 5.74) is 0. The van der Waals surface area contributed by atoms with Gasteiger partial charge in [0.25, 0.3) is 0 Å². The van der Waals surface area contributed by atoms with E-state index in [9.17, 15) is 0 Å². The summed E-state index contributed by atoms with van der Waals surface area (Å²) in [6.45, 7) is 3.76. The Morgan fingerprint density at radius 1 is 1.40 bits per heavy atom. The minimum Gasteiger partial charge on any atom is -0.383 e. The molecule has 1 fully saturated rings. The Balaban J connectivity index is 2.28. The predicted molar refractivity (Wildman–Crippen MR) is 60.4 cm³/mol. The van der Waals surface area contributed by atoms with Crippen molar-refractivity contribution in [2.75, 3.05) is 20.3 Å². The first-order valence-corrected chi connectivity index (χ1v) is 5.90. The van der Waals surface area contributed by atoms with E-state index in [0.29, 0.717) is 12.5 Å². The number of ether oxygens (including phenoxy) is 1. The van der Waals surface area contributed by atoms with E-state index in [0.717, 1.165) is 12.5 Å². The molecule has 1 saturated carbocycles. The van der Waals surface area contributed by atoms with Gasteiger partial charge in [0, 0.05) is 13.7 Å². The summed E-state index contributed by atoms with van der Waals surface area (Å²) >= 11 is 0. The van der Waals surface area contributed by atoms with Crippen molar-refractivity contribution in [3.05, 3.63) is 0 Å². The molecule has 15 heavy (non-hydrogen) atoms. The molecule has 3 heteroatoms. The summed E-state index contributed by atoms with van der Waals surface area (Å²) in [7, 11) is 1.69. The highest BCUT2D eigenvalue weighted by molar-refractivity contribution is 4.96. The van der Waals surface area contributed by atoms with Crippen LogP contribution in [0.4, 0.5) is 0 Å². The molecule has 0 amide bonds. The number of hydrogen-bond donors (Lipinski definition) is 1. The molecule has 1 aliphatic carbocycles. The molecule has 1 unspecified atom stereocenters. The molecular weight excluding hydrogens is 188 g/mol. The minimum atomic E-state index is 0.0210. The van der Waals surface area contributed by atoms with Crippen molar-refractivity contribution in [3.63, 3.8) is 0 Å². The zero-order valence-corrected chi connectivity index (χ0v) is 9.83. The van der Waals surface area contributed by atoms with Gasteiger partial charge in [0.05, 0.1) is 18.7 Å². The van der Waals surface area contributed by atoms with Crippen molar-refractivity contribution in [3.8, 4) is 6.07 Å². The number of hydrogen-bond acceptors (Lipinski definition) is 3. The average molecular weight is 210 g/mol. The van der Waals surface area contributed by atoms with Crippen LogP contribution in [0.1, 0.15) is 32.6 Å². The number of methoxy groups -OCH3 is 1. The highest BCUT2D eigenvalue weighted by Crippen LogP contribution is 2.30. The van der Waals surface area contributed by atoms with Crippen molar-refractivity contribution in [2.45, 2.75) is 38.6 Å². The summed E-state index contributed by atoms with van der Waals surface area (Å²) < 4.78 is 4.97. The van der Waals surface area contributed by atoms with Crippen LogP contribution >= 0.6 is 0 Å². The molecule has 3 nitrogen and oxygen atoms in total. The molecule has 0 aliphatic heterocycles. The Bertz CT molecular complexity index is 204. The zero-order valence-electron chi connectivity index (χ0n) is 9.83. The SMILES string of the molecule is COCCNC(C#N)C1CCC(C)CC1. The fraction of sp³-hybridized carbons (Fsp3) is 0.917. The van der Waals surface area contributed by atoms with E-state index in [4.69, 9.17) is 10.00 Å². The van der Waals surface area contributed by atoms with Crippen molar-refractivity contribution in [1.82, 2.24) is 5.32 Å². The Morgan fingerprint density at radius 2 is 2.07 bits per heavy atom. The third-order valence-corrected chi connectivity index (χ3v) is 3.34. The van der Waals surface area contributed by atoms with Gasteiger partial charge >= 0.3 is 0 Å². The van der Waals surface area contributed by atoms with Crippen molar-refractivity contribution < 1.29 is 4.74 Å². The van der Waals surface area contributed by atoms with Gasteiger partial charge in [-0.1, -0.05) is 19.8 Å². The van der Waals surface area contributed by atoms with E-state index in [1.54, 1.807) is 7.11 Å². The van der Waals surface area contributed by atoms with Gasteiger partial charge in [0.1, 0.15) is 0 Å². The summed E-state index contributed by atoms with van der Waals surface area (Å²) in [5.74, 6) is 1.39. The van der Waals surface area contributed by atoms with E-state index in [1.165, 1.54) is 25.7 Å². The predicted octanol–water partition coefficient (Wildman–Crippen LogP) is 1.94. The van der Waals surface area contributed by atoms with Gasteiger partial charge in [-0.15, -0.1) is 0 Å². The lowest BCUT2D eigenvalue weighted by Gasteiger charge is -2.29. The quantitative estimate of drug-likeness (QED) is 0.705. The van der Waals surface area contributed by atoms with Crippen LogP contribution in [0.25, 0.3) is 0 Å². The average Bonchev–Trinajstić information content (AvgIpc) is 2.26. The van der Waals surface area contributed by atoms with Crippen molar-refractivity contribution in [1.29, 1.82) is 5.26 Å². The molecule has 1 atom stereocenters. The van der Waals surface area contributed by atoms with Crippen LogP contribution in [-0.2, 0) is 4.74 Å². The Morgan fingerprint density at radius 3 is 2.60 bits per heavy atom. The summed E-state index contributed by atoms with van der Waals surface area (Å²) in [6, 6.07) is 2.40. The number of nitrogens with one attached hydrogen (secondary N) is 1. The molecule has 0 aromatic rings. The first-order valence-electron chi connectivity index (χ1n) is 5.90. The lowest BCUT2D eigenvalue weighted by atomic mass is 9.79. The van der Waals surface area contributed by atoms with Gasteiger partial charge in [-0.05, 0) is 24.7 Å². The van der Waals surface area contributed by atoms with Crippen molar-refractivity contribution >= 4 is 0 Å². The fourth-order valence-electron chi connectivity index (χ4n) is 2.25. The van der Waals surface area contributed by atoms with Gasteiger partial charge in [-0.25, -0.2) is 0 Å². The van der Waals surface area contributed by atoms with Crippen molar-refractivity contribution in [2.24, 2.45) is 11.8 Å². The Kier molecular flexibility index (Phi) is 5.67. The molecular formula is C12H22N2O. The second-order valence-electron chi connectivity index (χ2n) is 4.57. The Hall–Kier alpha value is -0.590. The first kappa shape index (κ1) is 12.5. The van der Waals surface area contributed by atoms with Crippen LogP contribution in [0.3, 0.4) is 0 Å². The van der Waals surface area contributed by atoms with E-state index in [-0.39, 0.29) is 6.04 Å². The molecule has 0 heterocycles. The van der Waals surface area contributed by atoms with Crippen LogP contribution in [0.15, 0.2) is 0 Å². The number of rotatable bonds is 5. The van der Waals surface area contributed by atoms with E-state index in [2.05, 4.69) is 18.3 Å². The summed E-state index contributed by atoms with van der Waals surface area (Å²) in [5, 5.41) is 12.4. The van der Waals surface area contributed by atoms with E-state index < -0.39 is 0 Å². The smallest absolute Gasteiger partial charge is 0.0982 e. The van der Waals surface area contributed by atoms with Crippen LogP contribution in [-0.4, -0.2) is 26.3 Å². The second-order valence-corrected chi connectivity index (χ2v) is 4.57. The van der Waals surface area contributed by atoms with Crippen LogP contribution in [0.2, 0.25) is 0 Å². The first-order chi connectivity index (χ1) is 7.27. The van der Waals surface area contributed by atoms with Gasteiger partial charge in [0.2, 0.25) is 0 Å². The Labute approximate surface area is 92.8 Å². The van der Waals surface area contributed by atoms with Gasteiger partial charge < -0.3 is 4.74 Å². The molecule has 0 aromatic heterocycles. The number of nitrogens with zero attached hydrogens (tertiary/aromatic N) is 1. The molecule has 0 spiro atoms. The monoisotopic (exact) mass is 210 g/mol. The summed E-state index contributed by atoms with van der Waals surface area (Å²) in [6.07, 6.45) is 4.93. The lowest BCUT2D eigenvalue weighted by molar-refractivity contribution is 0.188. The maximum Gasteiger partial charge on any atom is 0.0982 e. The molecule has 0 saturated heterocycles. The molecule has 0 aromatic carbocycles. The standard InChI is InChI=1S/C12H22N2O/c1-10-3-5-11(6-4-10)12(9-13)14-7-8-15-2/h10-12,14H,3-8H2,1-2H3. The molecule has 0 radical (unpaired) electrons. The van der Waals surface area contributed by atoms with E-state index >= 15 is 0 Å². The highest BCUT2D eigenvalue weighted by atomic mass is 16.5. The molecule has 86 valence electrons. The second kappa shape index (κ2) is 6.81. The largest absolute Gasteiger partial charge is 0.383 e. The van der Waals surface area contributed by atoms with Gasteiger partial charge in [-0.3, -0.25) is 5.32 Å². The summed E-state index contributed by atoms with van der Waals surface area (Å²) in [4.78, 5) is 0. The minimum absolute atomic E-state index is 0.0210. The topological polar surface area (TPSA) is 45.0 Å². The third kappa shape index (κ3) is 4.19. The number of nitriles is 1. The third-order valence-electron chi connectivity index (χ3n) is 3.34. The normalized spacial score (nSPS) is 28.3. The van der Waals surface area contributed by atoms with Gasteiger partial charge in [0.15, 0.2) is 0 Å². The fourth-order valence-corrected chi connectivity index (χ4v) is 2.25. The molecule has 1 N–H and O–H groups in total. The molecule has 1 aliphatic rings. The molecule has 1 rings (SSSR count). The van der Waals surface area contributed by atoms with Crippen LogP contribution in [0.5, 0.6) is 0 Å². The zero-order chi connectivity index (χ0) is 11.1. The maximum absolute atomic E-state index is 9.09.